The lowest BCUT2D eigenvalue weighted by molar-refractivity contribution is -0.123. The standard InChI is InChI=1S/C15H29N3O/c1-13(15(16)19)18-10-6-14(7-11-18)12-17-8-4-2-3-5-9-17/h13-14H,2-12H2,1H3,(H2,16,19). The van der Waals surface area contributed by atoms with Crippen molar-refractivity contribution in [2.75, 3.05) is 32.7 Å². The van der Waals surface area contributed by atoms with Gasteiger partial charge in [0, 0.05) is 6.54 Å². The summed E-state index contributed by atoms with van der Waals surface area (Å²) in [6.07, 6.45) is 7.99. The maximum absolute atomic E-state index is 11.2. The quantitative estimate of drug-likeness (QED) is 0.838. The number of piperidine rings is 1. The van der Waals surface area contributed by atoms with Crippen LogP contribution in [-0.4, -0.2) is 54.5 Å². The van der Waals surface area contributed by atoms with E-state index >= 15 is 0 Å². The number of nitrogens with zero attached hydrogens (tertiary/aromatic N) is 2. The van der Waals surface area contributed by atoms with Gasteiger partial charge in [0.15, 0.2) is 0 Å². The molecule has 4 heteroatoms. The van der Waals surface area contributed by atoms with Crippen LogP contribution in [0.5, 0.6) is 0 Å². The van der Waals surface area contributed by atoms with Crippen LogP contribution in [0, 0.1) is 5.92 Å². The second-order valence-electron chi connectivity index (χ2n) is 6.27. The molecule has 0 radical (unpaired) electrons. The topological polar surface area (TPSA) is 49.6 Å². The van der Waals surface area contributed by atoms with Crippen molar-refractivity contribution >= 4 is 5.91 Å². The van der Waals surface area contributed by atoms with Gasteiger partial charge in [0.1, 0.15) is 0 Å². The highest BCUT2D eigenvalue weighted by atomic mass is 16.1. The van der Waals surface area contributed by atoms with Crippen molar-refractivity contribution in [2.24, 2.45) is 11.7 Å². The summed E-state index contributed by atoms with van der Waals surface area (Å²) >= 11 is 0. The third kappa shape index (κ3) is 4.46. The fourth-order valence-electron chi connectivity index (χ4n) is 3.39. The summed E-state index contributed by atoms with van der Waals surface area (Å²) < 4.78 is 0. The first kappa shape index (κ1) is 14.8. The second kappa shape index (κ2) is 7.25. The van der Waals surface area contributed by atoms with Crippen LogP contribution in [0.25, 0.3) is 0 Å². The number of hydrogen-bond acceptors (Lipinski definition) is 3. The van der Waals surface area contributed by atoms with Crippen LogP contribution in [0.2, 0.25) is 0 Å². The summed E-state index contributed by atoms with van der Waals surface area (Å²) in [6, 6.07) is -0.0980. The van der Waals surface area contributed by atoms with Crippen LogP contribution in [0.3, 0.4) is 0 Å². The van der Waals surface area contributed by atoms with Crippen molar-refractivity contribution < 1.29 is 4.79 Å². The molecule has 1 amide bonds. The van der Waals surface area contributed by atoms with Gasteiger partial charge in [-0.2, -0.15) is 0 Å². The highest BCUT2D eigenvalue weighted by Gasteiger charge is 2.26. The van der Waals surface area contributed by atoms with E-state index in [1.807, 2.05) is 6.92 Å². The minimum Gasteiger partial charge on any atom is -0.368 e. The van der Waals surface area contributed by atoms with Gasteiger partial charge >= 0.3 is 0 Å². The number of rotatable bonds is 4. The molecule has 19 heavy (non-hydrogen) atoms. The molecule has 0 aromatic carbocycles. The summed E-state index contributed by atoms with van der Waals surface area (Å²) in [5.74, 6) is 0.625. The Hall–Kier alpha value is -0.610. The minimum atomic E-state index is -0.189. The van der Waals surface area contributed by atoms with Crippen molar-refractivity contribution in [1.29, 1.82) is 0 Å². The third-order valence-electron chi connectivity index (χ3n) is 4.82. The maximum Gasteiger partial charge on any atom is 0.234 e. The van der Waals surface area contributed by atoms with Gasteiger partial charge in [-0.05, 0) is 64.7 Å². The van der Waals surface area contributed by atoms with E-state index in [0.29, 0.717) is 0 Å². The summed E-state index contributed by atoms with van der Waals surface area (Å²) in [5.41, 5.74) is 5.38. The van der Waals surface area contributed by atoms with Crippen LogP contribution >= 0.6 is 0 Å². The van der Waals surface area contributed by atoms with Gasteiger partial charge < -0.3 is 10.6 Å². The number of carbonyl (C=O) groups excluding carboxylic acids is 1. The molecule has 2 N–H and O–H groups in total. The van der Waals surface area contributed by atoms with E-state index < -0.39 is 0 Å². The molecule has 1 unspecified atom stereocenters. The first-order chi connectivity index (χ1) is 9.16. The highest BCUT2D eigenvalue weighted by Crippen LogP contribution is 2.21. The molecule has 0 bridgehead atoms. The van der Waals surface area contributed by atoms with Gasteiger partial charge in [0.05, 0.1) is 6.04 Å². The molecule has 2 heterocycles. The molecule has 110 valence electrons. The predicted molar refractivity (Wildman–Crippen MR) is 77.9 cm³/mol. The van der Waals surface area contributed by atoms with Gasteiger partial charge in [0.25, 0.3) is 0 Å². The smallest absolute Gasteiger partial charge is 0.234 e. The molecule has 0 aromatic rings. The highest BCUT2D eigenvalue weighted by molar-refractivity contribution is 5.79. The van der Waals surface area contributed by atoms with Crippen LogP contribution < -0.4 is 5.73 Å². The molecule has 2 fully saturated rings. The number of carbonyl (C=O) groups is 1. The van der Waals surface area contributed by atoms with Crippen molar-refractivity contribution in [1.82, 2.24) is 9.80 Å². The first-order valence-electron chi connectivity index (χ1n) is 7.92. The molecular weight excluding hydrogens is 238 g/mol. The lowest BCUT2D eigenvalue weighted by Crippen LogP contribution is -2.47. The molecule has 2 aliphatic heterocycles. The van der Waals surface area contributed by atoms with E-state index in [1.165, 1.54) is 58.2 Å². The number of amides is 1. The third-order valence-corrected chi connectivity index (χ3v) is 4.82. The van der Waals surface area contributed by atoms with Crippen LogP contribution in [0.1, 0.15) is 45.4 Å². The zero-order chi connectivity index (χ0) is 13.7. The van der Waals surface area contributed by atoms with E-state index in [-0.39, 0.29) is 11.9 Å². The molecule has 1 atom stereocenters. The van der Waals surface area contributed by atoms with E-state index in [0.717, 1.165) is 19.0 Å². The van der Waals surface area contributed by atoms with E-state index in [9.17, 15) is 4.79 Å². The van der Waals surface area contributed by atoms with Gasteiger partial charge in [0.2, 0.25) is 5.91 Å². The number of likely N-dealkylation sites (tertiary alicyclic amines) is 2. The Morgan fingerprint density at radius 3 is 2.21 bits per heavy atom. The van der Waals surface area contributed by atoms with Crippen molar-refractivity contribution in [3.8, 4) is 0 Å². The summed E-state index contributed by atoms with van der Waals surface area (Å²) in [5, 5.41) is 0. The predicted octanol–water partition coefficient (Wildman–Crippen LogP) is 1.45. The zero-order valence-corrected chi connectivity index (χ0v) is 12.3. The number of hydrogen-bond donors (Lipinski definition) is 1. The molecular formula is C15H29N3O. The van der Waals surface area contributed by atoms with Gasteiger partial charge in [-0.1, -0.05) is 12.8 Å². The van der Waals surface area contributed by atoms with Crippen molar-refractivity contribution in [3.05, 3.63) is 0 Å². The monoisotopic (exact) mass is 267 g/mol. The second-order valence-corrected chi connectivity index (χ2v) is 6.27. The van der Waals surface area contributed by atoms with Crippen LogP contribution in [-0.2, 0) is 4.79 Å². The van der Waals surface area contributed by atoms with E-state index in [2.05, 4.69) is 9.80 Å². The number of primary amides is 1. The molecule has 0 spiro atoms. The molecule has 0 saturated carbocycles. The SMILES string of the molecule is CC(C(N)=O)N1CCC(CN2CCCCCC2)CC1. The molecule has 4 nitrogen and oxygen atoms in total. The van der Waals surface area contributed by atoms with Crippen LogP contribution in [0.4, 0.5) is 0 Å². The Labute approximate surface area is 117 Å². The fourth-order valence-corrected chi connectivity index (χ4v) is 3.39. The normalized spacial score (nSPS) is 25.9. The summed E-state index contributed by atoms with van der Waals surface area (Å²) in [7, 11) is 0. The van der Waals surface area contributed by atoms with Crippen LogP contribution in [0.15, 0.2) is 0 Å². The minimum absolute atomic E-state index is 0.0980. The average Bonchev–Trinajstić information content (AvgIpc) is 2.67. The molecule has 2 aliphatic rings. The summed E-state index contributed by atoms with van der Waals surface area (Å²) in [4.78, 5) is 16.1. The zero-order valence-electron chi connectivity index (χ0n) is 12.3. The summed E-state index contributed by atoms with van der Waals surface area (Å²) in [6.45, 7) is 7.83. The van der Waals surface area contributed by atoms with Gasteiger partial charge in [-0.25, -0.2) is 0 Å². The Morgan fingerprint density at radius 1 is 1.11 bits per heavy atom. The first-order valence-corrected chi connectivity index (χ1v) is 7.92. The Bertz CT molecular complexity index is 279. The lowest BCUT2D eigenvalue weighted by atomic mass is 9.95. The van der Waals surface area contributed by atoms with Crippen molar-refractivity contribution in [3.63, 3.8) is 0 Å². The van der Waals surface area contributed by atoms with Crippen molar-refractivity contribution in [2.45, 2.75) is 51.5 Å². The molecule has 0 aliphatic carbocycles. The average molecular weight is 267 g/mol. The van der Waals surface area contributed by atoms with Gasteiger partial charge in [-0.15, -0.1) is 0 Å². The molecule has 2 rings (SSSR count). The van der Waals surface area contributed by atoms with E-state index in [4.69, 9.17) is 5.73 Å². The van der Waals surface area contributed by atoms with Gasteiger partial charge in [-0.3, -0.25) is 9.69 Å². The molecule has 0 aromatic heterocycles. The number of nitrogens with two attached hydrogens (primary N) is 1. The van der Waals surface area contributed by atoms with E-state index in [1.54, 1.807) is 0 Å². The Morgan fingerprint density at radius 2 is 1.68 bits per heavy atom. The lowest BCUT2D eigenvalue weighted by Gasteiger charge is -2.36. The molecule has 2 saturated heterocycles. The Balaban J connectivity index is 1.72. The fraction of sp³-hybridized carbons (Fsp3) is 0.933. The Kier molecular flexibility index (Phi) is 5.64. The maximum atomic E-state index is 11.2. The largest absolute Gasteiger partial charge is 0.368 e.